The molecule has 0 aliphatic carbocycles. The van der Waals surface area contributed by atoms with Gasteiger partial charge in [0, 0.05) is 52.0 Å². The van der Waals surface area contributed by atoms with E-state index in [-0.39, 0.29) is 6.04 Å². The fourth-order valence-electron chi connectivity index (χ4n) is 4.77. The zero-order valence-corrected chi connectivity index (χ0v) is 20.4. The van der Waals surface area contributed by atoms with Gasteiger partial charge in [0.1, 0.15) is 0 Å². The van der Waals surface area contributed by atoms with Crippen molar-refractivity contribution in [1.29, 1.82) is 0 Å². The molecule has 6 nitrogen and oxygen atoms in total. The predicted molar refractivity (Wildman–Crippen MR) is 137 cm³/mol. The summed E-state index contributed by atoms with van der Waals surface area (Å²) >= 11 is 0. The molecule has 2 atom stereocenters. The zero-order valence-electron chi connectivity index (χ0n) is 20.4. The van der Waals surface area contributed by atoms with Crippen LogP contribution >= 0.6 is 0 Å². The van der Waals surface area contributed by atoms with Gasteiger partial charge in [-0.15, -0.1) is 0 Å². The van der Waals surface area contributed by atoms with E-state index < -0.39 is 0 Å². The molecule has 2 heterocycles. The van der Waals surface area contributed by atoms with E-state index in [4.69, 9.17) is 4.74 Å². The number of nitrogens with one attached hydrogen (secondary N) is 2. The highest BCUT2D eigenvalue weighted by Gasteiger charge is 2.17. The summed E-state index contributed by atoms with van der Waals surface area (Å²) < 4.78 is 5.67. The molecule has 0 spiro atoms. The average Bonchev–Trinajstić information content (AvgIpc) is 3.37. The van der Waals surface area contributed by atoms with Gasteiger partial charge in [-0.1, -0.05) is 36.4 Å². The highest BCUT2D eigenvalue weighted by Crippen LogP contribution is 2.24. The van der Waals surface area contributed by atoms with Crippen molar-refractivity contribution < 1.29 is 4.74 Å². The molecule has 178 valence electrons. The van der Waals surface area contributed by atoms with Crippen molar-refractivity contribution in [1.82, 2.24) is 15.5 Å². The number of hydrogen-bond donors (Lipinski definition) is 2. The van der Waals surface area contributed by atoms with Crippen LogP contribution in [0.25, 0.3) is 0 Å². The van der Waals surface area contributed by atoms with Crippen molar-refractivity contribution >= 4 is 11.6 Å². The molecule has 33 heavy (non-hydrogen) atoms. The first kappa shape index (κ1) is 23.6. The molecule has 6 heteroatoms. The summed E-state index contributed by atoms with van der Waals surface area (Å²) in [7, 11) is 1.83. The number of rotatable bonds is 7. The summed E-state index contributed by atoms with van der Waals surface area (Å²) in [6.07, 6.45) is 2.90. The van der Waals surface area contributed by atoms with Crippen LogP contribution in [0.5, 0.6) is 0 Å². The van der Waals surface area contributed by atoms with Crippen LogP contribution in [0.4, 0.5) is 5.69 Å². The summed E-state index contributed by atoms with van der Waals surface area (Å²) in [4.78, 5) is 9.41. The number of morpholine rings is 1. The van der Waals surface area contributed by atoms with Gasteiger partial charge in [-0.3, -0.25) is 9.89 Å². The van der Waals surface area contributed by atoms with Gasteiger partial charge in [0.15, 0.2) is 5.96 Å². The number of anilines is 1. The minimum absolute atomic E-state index is 0.174. The van der Waals surface area contributed by atoms with Crippen LogP contribution < -0.4 is 15.5 Å². The van der Waals surface area contributed by atoms with E-state index in [1.807, 2.05) is 7.05 Å². The molecule has 0 bridgehead atoms. The third kappa shape index (κ3) is 6.71. The summed E-state index contributed by atoms with van der Waals surface area (Å²) in [5.41, 5.74) is 5.22. The Morgan fingerprint density at radius 2 is 1.88 bits per heavy atom. The van der Waals surface area contributed by atoms with Crippen molar-refractivity contribution in [2.24, 2.45) is 4.99 Å². The van der Waals surface area contributed by atoms with Gasteiger partial charge in [0.05, 0.1) is 18.8 Å². The Labute approximate surface area is 199 Å². The SMILES string of the molecule is CN=C(NCc1cccc(CN2CCOC(C)C2)c1)NC(C)c1cccc(N2CCCC2)c1. The van der Waals surface area contributed by atoms with E-state index in [2.05, 4.69) is 87.8 Å². The normalized spacial score (nSPS) is 20.6. The van der Waals surface area contributed by atoms with Gasteiger partial charge in [0.25, 0.3) is 0 Å². The highest BCUT2D eigenvalue weighted by atomic mass is 16.5. The number of guanidine groups is 1. The second kappa shape index (κ2) is 11.5. The molecule has 2 unspecified atom stereocenters. The first-order valence-corrected chi connectivity index (χ1v) is 12.3. The standard InChI is InChI=1S/C27H39N5O/c1-21-19-31(14-15-33-21)20-24-9-6-8-23(16-24)18-29-27(28-3)30-22(2)25-10-7-11-26(17-25)32-12-4-5-13-32/h6-11,16-17,21-22H,4-5,12-15,18-20H2,1-3H3,(H2,28,29,30). The van der Waals surface area contributed by atoms with Crippen molar-refractivity contribution in [2.45, 2.75) is 51.9 Å². The van der Waals surface area contributed by atoms with Crippen LogP contribution in [0.2, 0.25) is 0 Å². The molecule has 4 rings (SSSR count). The quantitative estimate of drug-likeness (QED) is 0.495. The highest BCUT2D eigenvalue weighted by molar-refractivity contribution is 5.80. The predicted octanol–water partition coefficient (Wildman–Crippen LogP) is 3.93. The van der Waals surface area contributed by atoms with E-state index >= 15 is 0 Å². The molecule has 0 saturated carbocycles. The van der Waals surface area contributed by atoms with Gasteiger partial charge in [-0.2, -0.15) is 0 Å². The average molecular weight is 450 g/mol. The van der Waals surface area contributed by atoms with Crippen LogP contribution in [0.3, 0.4) is 0 Å². The lowest BCUT2D eigenvalue weighted by Crippen LogP contribution is -2.40. The molecular weight excluding hydrogens is 410 g/mol. The Balaban J connectivity index is 1.31. The largest absolute Gasteiger partial charge is 0.376 e. The molecule has 0 radical (unpaired) electrons. The summed E-state index contributed by atoms with van der Waals surface area (Å²) in [6, 6.07) is 17.9. The summed E-state index contributed by atoms with van der Waals surface area (Å²) in [5.74, 6) is 0.821. The first-order valence-electron chi connectivity index (χ1n) is 12.3. The molecule has 2 saturated heterocycles. The molecule has 2 aliphatic heterocycles. The number of nitrogens with zero attached hydrogens (tertiary/aromatic N) is 3. The van der Waals surface area contributed by atoms with Gasteiger partial charge >= 0.3 is 0 Å². The molecule has 0 aromatic heterocycles. The maximum atomic E-state index is 5.67. The maximum Gasteiger partial charge on any atom is 0.191 e. The maximum absolute atomic E-state index is 5.67. The van der Waals surface area contributed by atoms with Crippen molar-refractivity contribution in [3.05, 3.63) is 65.2 Å². The number of ether oxygens (including phenoxy) is 1. The van der Waals surface area contributed by atoms with E-state index in [0.717, 1.165) is 51.8 Å². The van der Waals surface area contributed by atoms with Crippen LogP contribution in [-0.2, 0) is 17.8 Å². The summed E-state index contributed by atoms with van der Waals surface area (Å²) in [6.45, 7) is 11.2. The Morgan fingerprint density at radius 1 is 1.09 bits per heavy atom. The Bertz CT molecular complexity index is 924. The monoisotopic (exact) mass is 449 g/mol. The minimum atomic E-state index is 0.174. The zero-order chi connectivity index (χ0) is 23.0. The molecule has 0 amide bonds. The smallest absolute Gasteiger partial charge is 0.191 e. The lowest BCUT2D eigenvalue weighted by molar-refractivity contribution is -0.0212. The number of benzene rings is 2. The van der Waals surface area contributed by atoms with E-state index in [0.29, 0.717) is 6.10 Å². The third-order valence-corrected chi connectivity index (χ3v) is 6.60. The molecule has 2 aromatic carbocycles. The minimum Gasteiger partial charge on any atom is -0.376 e. The van der Waals surface area contributed by atoms with Crippen molar-refractivity contribution in [3.8, 4) is 0 Å². The second-order valence-electron chi connectivity index (χ2n) is 9.32. The first-order chi connectivity index (χ1) is 16.1. The third-order valence-electron chi connectivity index (χ3n) is 6.60. The fraction of sp³-hybridized carbons (Fsp3) is 0.519. The lowest BCUT2D eigenvalue weighted by Gasteiger charge is -2.31. The van der Waals surface area contributed by atoms with Crippen LogP contribution in [0, 0.1) is 0 Å². The summed E-state index contributed by atoms with van der Waals surface area (Å²) in [5, 5.41) is 7.04. The lowest BCUT2D eigenvalue weighted by atomic mass is 10.1. The van der Waals surface area contributed by atoms with Gasteiger partial charge in [-0.05, 0) is 55.5 Å². The van der Waals surface area contributed by atoms with Crippen LogP contribution in [0.15, 0.2) is 53.5 Å². The molecule has 2 aromatic rings. The Hall–Kier alpha value is -2.57. The molecule has 2 N–H and O–H groups in total. The second-order valence-corrected chi connectivity index (χ2v) is 9.32. The van der Waals surface area contributed by atoms with Crippen molar-refractivity contribution in [3.63, 3.8) is 0 Å². The number of hydrogen-bond acceptors (Lipinski definition) is 4. The van der Waals surface area contributed by atoms with E-state index in [9.17, 15) is 0 Å². The topological polar surface area (TPSA) is 52.1 Å². The molecule has 2 fully saturated rings. The van der Waals surface area contributed by atoms with Crippen LogP contribution in [0.1, 0.15) is 49.4 Å². The van der Waals surface area contributed by atoms with E-state index in [1.54, 1.807) is 0 Å². The fourth-order valence-corrected chi connectivity index (χ4v) is 4.77. The molecule has 2 aliphatic rings. The van der Waals surface area contributed by atoms with Gasteiger partial charge < -0.3 is 20.3 Å². The van der Waals surface area contributed by atoms with E-state index in [1.165, 1.54) is 35.2 Å². The molecular formula is C27H39N5O. The van der Waals surface area contributed by atoms with Crippen LogP contribution in [-0.4, -0.2) is 56.8 Å². The van der Waals surface area contributed by atoms with Crippen molar-refractivity contribution in [2.75, 3.05) is 44.7 Å². The Morgan fingerprint density at radius 3 is 2.67 bits per heavy atom. The van der Waals surface area contributed by atoms with Gasteiger partial charge in [0.2, 0.25) is 0 Å². The Kier molecular flexibility index (Phi) is 8.24. The van der Waals surface area contributed by atoms with Gasteiger partial charge in [-0.25, -0.2) is 0 Å². The number of aliphatic imine (C=N–C) groups is 1.